The number of alkyl halides is 2. The van der Waals surface area contributed by atoms with Crippen LogP contribution in [-0.2, 0) is 17.8 Å². The molecule has 0 fully saturated rings. The van der Waals surface area contributed by atoms with Crippen LogP contribution in [0.15, 0.2) is 72.0 Å². The summed E-state index contributed by atoms with van der Waals surface area (Å²) in [6, 6.07) is 17.5. The molecule has 1 heterocycles. The number of allylic oxidation sites excluding steroid dienone is 1. The summed E-state index contributed by atoms with van der Waals surface area (Å²) >= 11 is 0.923. The molecule has 34 heavy (non-hydrogen) atoms. The van der Waals surface area contributed by atoms with Gasteiger partial charge in [-0.2, -0.15) is 14.0 Å². The Hall–Kier alpha value is -4.03. The van der Waals surface area contributed by atoms with E-state index in [-0.39, 0.29) is 32.6 Å². The van der Waals surface area contributed by atoms with Gasteiger partial charge in [-0.3, -0.25) is 14.2 Å². The third kappa shape index (κ3) is 6.05. The fourth-order valence-electron chi connectivity index (χ4n) is 3.19. The molecule has 2 aromatic carbocycles. The van der Waals surface area contributed by atoms with Gasteiger partial charge < -0.3 is 10.1 Å². The van der Waals surface area contributed by atoms with E-state index < -0.39 is 18.1 Å². The van der Waals surface area contributed by atoms with E-state index in [1.54, 1.807) is 6.07 Å². The number of benzene rings is 2. The van der Waals surface area contributed by atoms with Gasteiger partial charge in [-0.15, -0.1) is 17.9 Å². The highest BCUT2D eigenvalue weighted by Crippen LogP contribution is 2.20. The van der Waals surface area contributed by atoms with Crippen LogP contribution in [0.1, 0.15) is 11.1 Å². The van der Waals surface area contributed by atoms with E-state index in [2.05, 4.69) is 16.6 Å². The molecule has 1 N–H and O–H groups in total. The molecule has 0 atom stereocenters. The third-order valence-corrected chi connectivity index (χ3v) is 5.87. The first kappa shape index (κ1) is 24.6. The summed E-state index contributed by atoms with van der Waals surface area (Å²) < 4.78 is 31.6. The van der Waals surface area contributed by atoms with Crippen LogP contribution in [0.2, 0.25) is 0 Å². The lowest BCUT2D eigenvalue weighted by atomic mass is 10.1. The van der Waals surface area contributed by atoms with Gasteiger partial charge in [0.15, 0.2) is 5.57 Å². The number of nitriles is 1. The Kier molecular flexibility index (Phi) is 8.48. The highest BCUT2D eigenvalue weighted by molar-refractivity contribution is 7.07. The highest BCUT2D eigenvalue weighted by atomic mass is 32.1. The number of amides is 1. The van der Waals surface area contributed by atoms with Gasteiger partial charge in [0.1, 0.15) is 16.5 Å². The predicted octanol–water partition coefficient (Wildman–Crippen LogP) is 2.56. The third-order valence-electron chi connectivity index (χ3n) is 4.74. The lowest BCUT2D eigenvalue weighted by molar-refractivity contribution is -0.115. The average Bonchev–Trinajstić information content (AvgIpc) is 3.11. The predicted molar refractivity (Wildman–Crippen MR) is 127 cm³/mol. The Labute approximate surface area is 198 Å². The Bertz CT molecular complexity index is 1390. The molecule has 174 valence electrons. The smallest absolute Gasteiger partial charge is 0.387 e. The van der Waals surface area contributed by atoms with Crippen LogP contribution in [-0.4, -0.2) is 23.6 Å². The van der Waals surface area contributed by atoms with Crippen LogP contribution in [0.25, 0.3) is 11.6 Å². The Morgan fingerprint density at radius 2 is 1.91 bits per heavy atom. The van der Waals surface area contributed by atoms with E-state index in [1.807, 2.05) is 36.4 Å². The number of nitrogens with one attached hydrogen (secondary N) is 1. The average molecular weight is 482 g/mol. The van der Waals surface area contributed by atoms with Crippen molar-refractivity contribution in [2.24, 2.45) is 0 Å². The van der Waals surface area contributed by atoms with Gasteiger partial charge in [0.2, 0.25) is 0 Å². The van der Waals surface area contributed by atoms with Gasteiger partial charge in [0.05, 0.1) is 4.53 Å². The maximum Gasteiger partial charge on any atom is 0.387 e. The Morgan fingerprint density at radius 1 is 1.21 bits per heavy atom. The number of rotatable bonds is 9. The molecule has 0 spiro atoms. The van der Waals surface area contributed by atoms with Crippen molar-refractivity contribution in [3.63, 3.8) is 0 Å². The lowest BCUT2D eigenvalue weighted by Crippen LogP contribution is -2.35. The molecular weight excluding hydrogens is 460 g/mol. The summed E-state index contributed by atoms with van der Waals surface area (Å²) in [4.78, 5) is 25.8. The lowest BCUT2D eigenvalue weighted by Gasteiger charge is -2.06. The number of hydrogen-bond donors (Lipinski definition) is 1. The summed E-state index contributed by atoms with van der Waals surface area (Å²) in [7, 11) is 0. The maximum absolute atomic E-state index is 13.0. The number of carbonyl (C=O) groups is 1. The number of ether oxygens (including phenoxy) is 1. The van der Waals surface area contributed by atoms with Crippen LogP contribution in [0.4, 0.5) is 8.78 Å². The zero-order valence-corrected chi connectivity index (χ0v) is 18.9. The molecule has 1 aromatic heterocycles. The van der Waals surface area contributed by atoms with Crippen LogP contribution >= 0.6 is 11.3 Å². The first-order valence-corrected chi connectivity index (χ1v) is 11.1. The van der Waals surface area contributed by atoms with E-state index in [4.69, 9.17) is 0 Å². The molecule has 0 bridgehead atoms. The number of nitrogens with zero attached hydrogens (tertiary/aromatic N) is 2. The zero-order valence-electron chi connectivity index (χ0n) is 18.0. The van der Waals surface area contributed by atoms with E-state index in [0.29, 0.717) is 13.0 Å². The molecule has 0 unspecified atom stereocenters. The highest BCUT2D eigenvalue weighted by Gasteiger charge is 2.16. The molecule has 0 aliphatic heterocycles. The number of aromatic nitrogens is 1. The van der Waals surface area contributed by atoms with Gasteiger partial charge in [-0.25, -0.2) is 0 Å². The van der Waals surface area contributed by atoms with Crippen LogP contribution < -0.4 is 24.8 Å². The van der Waals surface area contributed by atoms with Crippen molar-refractivity contribution in [3.8, 4) is 11.8 Å². The van der Waals surface area contributed by atoms with Gasteiger partial charge in [-0.1, -0.05) is 54.6 Å². The summed E-state index contributed by atoms with van der Waals surface area (Å²) in [5, 5.41) is 12.4. The Morgan fingerprint density at radius 3 is 2.59 bits per heavy atom. The first-order chi connectivity index (χ1) is 16.4. The fraction of sp³-hybridized carbons (Fsp3) is 0.160. The van der Waals surface area contributed by atoms with Crippen molar-refractivity contribution in [1.82, 2.24) is 9.88 Å². The van der Waals surface area contributed by atoms with Crippen LogP contribution in [0.3, 0.4) is 0 Å². The zero-order chi connectivity index (χ0) is 24.5. The first-order valence-electron chi connectivity index (χ1n) is 10.3. The van der Waals surface area contributed by atoms with Crippen molar-refractivity contribution in [2.75, 3.05) is 6.54 Å². The number of para-hydroxylation sites is 1. The van der Waals surface area contributed by atoms with Crippen LogP contribution in [0.5, 0.6) is 5.75 Å². The van der Waals surface area contributed by atoms with Crippen molar-refractivity contribution in [1.29, 1.82) is 5.26 Å². The molecule has 6 nitrogen and oxygen atoms in total. The van der Waals surface area contributed by atoms with Gasteiger partial charge in [-0.05, 0) is 24.1 Å². The molecule has 9 heteroatoms. The molecule has 3 rings (SSSR count). The molecule has 0 saturated carbocycles. The summed E-state index contributed by atoms with van der Waals surface area (Å²) in [5.41, 5.74) is 0.609. The van der Waals surface area contributed by atoms with Gasteiger partial charge in [0, 0.05) is 18.7 Å². The summed E-state index contributed by atoms with van der Waals surface area (Å²) in [6.07, 6.45) is 3.45. The Balaban J connectivity index is 2.02. The van der Waals surface area contributed by atoms with Crippen molar-refractivity contribution >= 4 is 28.9 Å². The number of halogens is 2. The van der Waals surface area contributed by atoms with E-state index >= 15 is 0 Å². The van der Waals surface area contributed by atoms with E-state index in [9.17, 15) is 23.6 Å². The minimum Gasteiger partial charge on any atom is -0.434 e. The van der Waals surface area contributed by atoms with Gasteiger partial charge in [0.25, 0.3) is 11.5 Å². The van der Waals surface area contributed by atoms with Crippen molar-refractivity contribution in [2.45, 2.75) is 19.6 Å². The normalized spacial score (nSPS) is 12.2. The second kappa shape index (κ2) is 11.7. The van der Waals surface area contributed by atoms with Crippen LogP contribution in [0, 0.1) is 11.3 Å². The quantitative estimate of drug-likeness (QED) is 0.476. The molecule has 0 aliphatic carbocycles. The summed E-state index contributed by atoms with van der Waals surface area (Å²) in [5.74, 6) is -0.698. The van der Waals surface area contributed by atoms with E-state index in [1.165, 1.54) is 34.9 Å². The minimum absolute atomic E-state index is 0.0656. The standard InChI is InChI=1S/C25H21F2N3O3S/c1-2-14-30-23(32)21(15-18-10-6-7-11-20(18)33-25(26)27)34-24(30)19(16-28)22(31)29-13-12-17-8-4-3-5-9-17/h2-11,15,25H,1,12-14H2,(H,29,31)/b21-15+,24-19+. The van der Waals surface area contributed by atoms with Crippen molar-refractivity contribution < 1.29 is 18.3 Å². The van der Waals surface area contributed by atoms with Crippen molar-refractivity contribution in [3.05, 3.63) is 97.9 Å². The van der Waals surface area contributed by atoms with Gasteiger partial charge >= 0.3 is 6.61 Å². The monoisotopic (exact) mass is 481 g/mol. The SMILES string of the molecule is C=CCn1c(=O)/c(=C\c2ccccc2OC(F)F)s/c1=C(\C#N)C(=O)NCCc1ccccc1. The second-order valence-electron chi connectivity index (χ2n) is 7.01. The topological polar surface area (TPSA) is 84.1 Å². The fourth-order valence-corrected chi connectivity index (χ4v) is 4.29. The minimum atomic E-state index is -3.02. The molecule has 0 aliphatic rings. The molecule has 3 aromatic rings. The molecular formula is C25H21F2N3O3S. The van der Waals surface area contributed by atoms with E-state index in [0.717, 1.165) is 16.9 Å². The second-order valence-corrected chi connectivity index (χ2v) is 8.05. The maximum atomic E-state index is 13.0. The number of hydrogen-bond acceptors (Lipinski definition) is 5. The number of carbonyl (C=O) groups excluding carboxylic acids is 1. The molecule has 0 radical (unpaired) electrons. The largest absolute Gasteiger partial charge is 0.434 e. The molecule has 0 saturated heterocycles. The number of thiazole rings is 1. The summed E-state index contributed by atoms with van der Waals surface area (Å²) in [6.45, 7) is 0.980. The molecule has 1 amide bonds.